The van der Waals surface area contributed by atoms with Crippen molar-refractivity contribution >= 4 is 10.9 Å². The lowest BCUT2D eigenvalue weighted by Gasteiger charge is -2.05. The summed E-state index contributed by atoms with van der Waals surface area (Å²) < 4.78 is 1.87. The van der Waals surface area contributed by atoms with Crippen molar-refractivity contribution in [1.29, 1.82) is 0 Å². The Morgan fingerprint density at radius 1 is 1.11 bits per heavy atom. The van der Waals surface area contributed by atoms with E-state index < -0.39 is 0 Å². The van der Waals surface area contributed by atoms with E-state index in [9.17, 15) is 0 Å². The van der Waals surface area contributed by atoms with Gasteiger partial charge in [-0.25, -0.2) is 0 Å². The fraction of sp³-hybridized carbons (Fsp3) is 0.273. The maximum absolute atomic E-state index is 4.60. The summed E-state index contributed by atoms with van der Waals surface area (Å²) in [6, 6.07) is 10.6. The Morgan fingerprint density at radius 2 is 2.04 bits per heavy atom. The highest BCUT2D eigenvalue weighted by atomic mass is 15.3. The van der Waals surface area contributed by atoms with Crippen molar-refractivity contribution in [3.63, 3.8) is 0 Å². The molecule has 0 aliphatic rings. The van der Waals surface area contributed by atoms with E-state index in [-0.39, 0.29) is 0 Å². The van der Waals surface area contributed by atoms with E-state index in [0.717, 1.165) is 37.2 Å². The molecule has 0 amide bonds. The maximum atomic E-state index is 4.60. The summed E-state index contributed by atoms with van der Waals surface area (Å²) in [6.45, 7) is 3.91. The quantitative estimate of drug-likeness (QED) is 0.493. The number of hydrogen-bond acceptors (Lipinski definition) is 3. The van der Waals surface area contributed by atoms with Gasteiger partial charge < -0.3 is 10.3 Å². The van der Waals surface area contributed by atoms with Gasteiger partial charge in [-0.3, -0.25) is 9.67 Å². The lowest BCUT2D eigenvalue weighted by Crippen LogP contribution is -2.16. The summed E-state index contributed by atoms with van der Waals surface area (Å²) in [7, 11) is 1.96. The number of pyridine rings is 1. The molecule has 5 nitrogen and oxygen atoms in total. The molecule has 0 aliphatic carbocycles. The molecule has 3 aromatic heterocycles. The predicted octanol–water partition coefficient (Wildman–Crippen LogP) is 3.86. The lowest BCUT2D eigenvalue weighted by molar-refractivity contribution is 0.687. The van der Waals surface area contributed by atoms with Crippen LogP contribution >= 0.6 is 0 Å². The van der Waals surface area contributed by atoms with Gasteiger partial charge in [-0.05, 0) is 42.6 Å². The van der Waals surface area contributed by atoms with Crippen LogP contribution in [0.2, 0.25) is 0 Å². The van der Waals surface area contributed by atoms with Crippen molar-refractivity contribution in [2.24, 2.45) is 7.05 Å². The van der Waals surface area contributed by atoms with Crippen LogP contribution in [-0.2, 0) is 26.4 Å². The largest absolute Gasteiger partial charge is 0.361 e. The fourth-order valence-electron chi connectivity index (χ4n) is 3.64. The second kappa shape index (κ2) is 7.76. The van der Waals surface area contributed by atoms with Crippen molar-refractivity contribution in [3.8, 4) is 11.3 Å². The molecule has 27 heavy (non-hydrogen) atoms. The molecule has 0 saturated carbocycles. The molecule has 4 rings (SSSR count). The van der Waals surface area contributed by atoms with Gasteiger partial charge in [-0.1, -0.05) is 25.1 Å². The molecule has 0 saturated heterocycles. The first-order chi connectivity index (χ1) is 13.3. The molecule has 3 heterocycles. The number of hydrogen-bond donors (Lipinski definition) is 2. The minimum atomic E-state index is 0.792. The van der Waals surface area contributed by atoms with Crippen LogP contribution in [0.5, 0.6) is 0 Å². The number of H-pyrrole nitrogens is 1. The SMILES string of the molecule is CCc1cccc2c(CCNCc3cn(C)nc3-c3cccnc3)c[nH]c12. The normalized spacial score (nSPS) is 11.3. The summed E-state index contributed by atoms with van der Waals surface area (Å²) in [6.07, 6.45) is 9.92. The molecular weight excluding hydrogens is 334 g/mol. The zero-order chi connectivity index (χ0) is 18.6. The van der Waals surface area contributed by atoms with Crippen LogP contribution in [0.4, 0.5) is 0 Å². The molecule has 138 valence electrons. The van der Waals surface area contributed by atoms with E-state index in [4.69, 9.17) is 0 Å². The van der Waals surface area contributed by atoms with Gasteiger partial charge in [0.1, 0.15) is 0 Å². The highest BCUT2D eigenvalue weighted by molar-refractivity contribution is 5.86. The van der Waals surface area contributed by atoms with Gasteiger partial charge in [-0.15, -0.1) is 0 Å². The van der Waals surface area contributed by atoms with Gasteiger partial charge in [0.05, 0.1) is 5.69 Å². The van der Waals surface area contributed by atoms with Crippen LogP contribution in [0.15, 0.2) is 55.1 Å². The van der Waals surface area contributed by atoms with E-state index in [1.165, 1.54) is 27.6 Å². The zero-order valence-corrected chi connectivity index (χ0v) is 15.9. The average molecular weight is 359 g/mol. The topological polar surface area (TPSA) is 58.5 Å². The molecule has 0 atom stereocenters. The molecule has 1 aromatic carbocycles. The van der Waals surface area contributed by atoms with E-state index in [2.05, 4.69) is 64.0 Å². The van der Waals surface area contributed by atoms with Crippen LogP contribution < -0.4 is 5.32 Å². The third-order valence-corrected chi connectivity index (χ3v) is 4.99. The maximum Gasteiger partial charge on any atom is 0.0983 e. The van der Waals surface area contributed by atoms with E-state index in [1.807, 2.05) is 24.0 Å². The number of aromatic amines is 1. The van der Waals surface area contributed by atoms with Crippen molar-refractivity contribution in [2.45, 2.75) is 26.3 Å². The fourth-order valence-corrected chi connectivity index (χ4v) is 3.64. The molecule has 0 unspecified atom stereocenters. The van der Waals surface area contributed by atoms with Gasteiger partial charge in [-0.2, -0.15) is 5.10 Å². The number of aromatic nitrogens is 4. The molecule has 0 spiro atoms. The smallest absolute Gasteiger partial charge is 0.0983 e. The minimum Gasteiger partial charge on any atom is -0.361 e. The van der Waals surface area contributed by atoms with Crippen LogP contribution in [0, 0.1) is 0 Å². The molecule has 2 N–H and O–H groups in total. The number of fused-ring (bicyclic) bond motifs is 1. The predicted molar refractivity (Wildman–Crippen MR) is 110 cm³/mol. The van der Waals surface area contributed by atoms with Gasteiger partial charge in [0.25, 0.3) is 0 Å². The number of nitrogens with one attached hydrogen (secondary N) is 2. The second-order valence-corrected chi connectivity index (χ2v) is 6.85. The summed E-state index contributed by atoms with van der Waals surface area (Å²) in [4.78, 5) is 7.66. The molecule has 5 heteroatoms. The summed E-state index contributed by atoms with van der Waals surface area (Å²) in [5, 5.41) is 9.51. The Bertz CT molecular complexity index is 1030. The van der Waals surface area contributed by atoms with Crippen LogP contribution in [0.3, 0.4) is 0 Å². The summed E-state index contributed by atoms with van der Waals surface area (Å²) >= 11 is 0. The van der Waals surface area contributed by atoms with Crippen LogP contribution in [0.1, 0.15) is 23.6 Å². The molecular formula is C22H25N5. The highest BCUT2D eigenvalue weighted by Crippen LogP contribution is 2.23. The van der Waals surface area contributed by atoms with Crippen molar-refractivity contribution in [3.05, 3.63) is 71.8 Å². The third kappa shape index (κ3) is 3.64. The molecule has 0 radical (unpaired) electrons. The van der Waals surface area contributed by atoms with Gasteiger partial charge in [0, 0.05) is 60.4 Å². The van der Waals surface area contributed by atoms with Gasteiger partial charge in [0.2, 0.25) is 0 Å². The lowest BCUT2D eigenvalue weighted by atomic mass is 10.1. The standard InChI is InChI=1S/C22H25N5/c1-3-16-6-4-8-20-17(14-25-22(16)20)9-11-24-13-19-15-27(2)26-21(19)18-7-5-10-23-12-18/h4-8,10,12,14-15,24-25H,3,9,11,13H2,1-2H3. The number of para-hydroxylation sites is 1. The molecule has 0 bridgehead atoms. The van der Waals surface area contributed by atoms with E-state index >= 15 is 0 Å². The van der Waals surface area contributed by atoms with E-state index in [1.54, 1.807) is 6.20 Å². The van der Waals surface area contributed by atoms with Gasteiger partial charge in [0.15, 0.2) is 0 Å². The number of rotatable bonds is 7. The number of nitrogens with zero attached hydrogens (tertiary/aromatic N) is 3. The first-order valence-electron chi connectivity index (χ1n) is 9.47. The minimum absolute atomic E-state index is 0.792. The summed E-state index contributed by atoms with van der Waals surface area (Å²) in [5.41, 5.74) is 7.27. The Labute approximate surface area is 159 Å². The zero-order valence-electron chi connectivity index (χ0n) is 15.9. The van der Waals surface area contributed by atoms with Crippen LogP contribution in [0.25, 0.3) is 22.2 Å². The van der Waals surface area contributed by atoms with Crippen molar-refractivity contribution < 1.29 is 0 Å². The number of benzene rings is 1. The first kappa shape index (κ1) is 17.5. The Kier molecular flexibility index (Phi) is 5.03. The Hall–Kier alpha value is -2.92. The first-order valence-corrected chi connectivity index (χ1v) is 9.47. The Morgan fingerprint density at radius 3 is 2.85 bits per heavy atom. The van der Waals surface area contributed by atoms with Crippen LogP contribution in [-0.4, -0.2) is 26.3 Å². The summed E-state index contributed by atoms with van der Waals surface area (Å²) in [5.74, 6) is 0. The third-order valence-electron chi connectivity index (χ3n) is 4.99. The van der Waals surface area contributed by atoms with E-state index in [0.29, 0.717) is 0 Å². The van der Waals surface area contributed by atoms with Crippen molar-refractivity contribution in [2.75, 3.05) is 6.54 Å². The number of aryl methyl sites for hydroxylation is 2. The Balaban J connectivity index is 1.42. The van der Waals surface area contributed by atoms with Crippen molar-refractivity contribution in [1.82, 2.24) is 25.1 Å². The molecule has 0 aliphatic heterocycles. The molecule has 4 aromatic rings. The highest BCUT2D eigenvalue weighted by Gasteiger charge is 2.10. The average Bonchev–Trinajstić information content (AvgIpc) is 3.29. The monoisotopic (exact) mass is 359 g/mol. The van der Waals surface area contributed by atoms with Gasteiger partial charge >= 0.3 is 0 Å². The second-order valence-electron chi connectivity index (χ2n) is 6.85. The molecule has 0 fully saturated rings.